The molecule has 190 valence electrons. The highest BCUT2D eigenvalue weighted by molar-refractivity contribution is 6.26. The standard InChI is InChI=1S/C24H21ClF3N3O5/c1-22(2)16-7-6-14(9-17(16)29(3)20(22)35)30-12-15(19(33)34)18(32)31(21(30)36)11-13-5-4-8-23(25,10-13)24(26,27)28/h4-9,12H,10-11H2,1-3H3,(H,33,34)/p-1. The van der Waals surface area contributed by atoms with Gasteiger partial charge in [-0.15, -0.1) is 11.6 Å². The Hall–Kier alpha value is -3.60. The molecule has 0 radical (unpaired) electrons. The minimum absolute atomic E-state index is 0.00731. The van der Waals surface area contributed by atoms with Gasteiger partial charge in [-0.25, -0.2) is 4.79 Å². The number of nitrogens with zero attached hydrogens (tertiary/aromatic N) is 3. The van der Waals surface area contributed by atoms with E-state index in [0.717, 1.165) is 22.9 Å². The molecule has 0 spiro atoms. The normalized spacial score (nSPS) is 20.9. The molecule has 1 aliphatic carbocycles. The van der Waals surface area contributed by atoms with Crippen molar-refractivity contribution in [1.82, 2.24) is 9.13 Å². The molecule has 1 atom stereocenters. The number of hydrogen-bond donors (Lipinski definition) is 0. The molecular formula is C24H20ClF3N3O5-. The second kappa shape index (κ2) is 8.22. The molecule has 4 rings (SSSR count). The lowest BCUT2D eigenvalue weighted by atomic mass is 9.86. The summed E-state index contributed by atoms with van der Waals surface area (Å²) in [6.07, 6.45) is -1.62. The van der Waals surface area contributed by atoms with E-state index in [1.807, 2.05) is 0 Å². The fourth-order valence-corrected chi connectivity index (χ4v) is 4.72. The third-order valence-electron chi connectivity index (χ3n) is 6.53. The molecule has 1 aliphatic heterocycles. The Bertz CT molecular complexity index is 1490. The molecule has 2 aliphatic rings. The van der Waals surface area contributed by atoms with Gasteiger partial charge in [0.25, 0.3) is 5.56 Å². The maximum Gasteiger partial charge on any atom is 0.411 e. The Morgan fingerprint density at radius 2 is 1.86 bits per heavy atom. The van der Waals surface area contributed by atoms with Gasteiger partial charge in [0.15, 0.2) is 4.87 Å². The summed E-state index contributed by atoms with van der Waals surface area (Å²) in [5, 5.41) is 11.7. The highest BCUT2D eigenvalue weighted by atomic mass is 35.5. The summed E-state index contributed by atoms with van der Waals surface area (Å²) in [6.45, 7) is 2.86. The van der Waals surface area contributed by atoms with Crippen LogP contribution in [0.15, 0.2) is 57.8 Å². The quantitative estimate of drug-likeness (QED) is 0.572. The van der Waals surface area contributed by atoms with Crippen LogP contribution in [0, 0.1) is 0 Å². The maximum absolute atomic E-state index is 13.4. The predicted molar refractivity (Wildman–Crippen MR) is 124 cm³/mol. The number of rotatable bonds is 4. The molecule has 1 unspecified atom stereocenters. The highest BCUT2D eigenvalue weighted by Crippen LogP contribution is 2.44. The van der Waals surface area contributed by atoms with Crippen LogP contribution < -0.4 is 21.3 Å². The van der Waals surface area contributed by atoms with Crippen LogP contribution in [0.5, 0.6) is 0 Å². The Balaban J connectivity index is 1.84. The van der Waals surface area contributed by atoms with E-state index in [2.05, 4.69) is 0 Å². The van der Waals surface area contributed by atoms with Crippen LogP contribution in [0.2, 0.25) is 0 Å². The SMILES string of the molecule is CN1C(=O)C(C)(C)c2ccc(-n3cc(C(=O)[O-])c(=O)n(CC4=CC=CC(Cl)(C(F)(F)F)C4)c3=O)cc21. The summed E-state index contributed by atoms with van der Waals surface area (Å²) >= 11 is 5.74. The minimum atomic E-state index is -4.80. The van der Waals surface area contributed by atoms with Crippen LogP contribution >= 0.6 is 11.6 Å². The van der Waals surface area contributed by atoms with E-state index in [4.69, 9.17) is 11.6 Å². The summed E-state index contributed by atoms with van der Waals surface area (Å²) < 4.78 is 41.7. The average molecular weight is 523 g/mol. The minimum Gasteiger partial charge on any atom is -0.545 e. The molecule has 0 saturated heterocycles. The van der Waals surface area contributed by atoms with E-state index in [1.54, 1.807) is 27.0 Å². The summed E-state index contributed by atoms with van der Waals surface area (Å²) in [4.78, 5) is 49.0. The molecule has 0 fully saturated rings. The van der Waals surface area contributed by atoms with Crippen LogP contribution in [-0.2, 0) is 16.8 Å². The molecule has 1 aromatic carbocycles. The van der Waals surface area contributed by atoms with E-state index in [1.165, 1.54) is 23.1 Å². The Morgan fingerprint density at radius 3 is 2.47 bits per heavy atom. The first-order valence-electron chi connectivity index (χ1n) is 10.7. The molecule has 12 heteroatoms. The third kappa shape index (κ3) is 3.87. The Morgan fingerprint density at radius 1 is 1.19 bits per heavy atom. The van der Waals surface area contributed by atoms with E-state index >= 15 is 0 Å². The number of hydrogen-bond acceptors (Lipinski definition) is 5. The van der Waals surface area contributed by atoms with E-state index in [0.29, 0.717) is 15.8 Å². The number of fused-ring (bicyclic) bond motifs is 1. The van der Waals surface area contributed by atoms with Crippen LogP contribution in [0.3, 0.4) is 0 Å². The molecule has 8 nitrogen and oxygen atoms in total. The number of likely N-dealkylation sites (N-methyl/N-ethyl adjacent to an activating group) is 1. The zero-order valence-corrected chi connectivity index (χ0v) is 20.1. The van der Waals surface area contributed by atoms with Crippen LogP contribution in [0.1, 0.15) is 36.2 Å². The van der Waals surface area contributed by atoms with Gasteiger partial charge >= 0.3 is 11.9 Å². The monoisotopic (exact) mass is 522 g/mol. The molecule has 36 heavy (non-hydrogen) atoms. The van der Waals surface area contributed by atoms with Crippen molar-refractivity contribution in [2.45, 2.75) is 43.3 Å². The van der Waals surface area contributed by atoms with Gasteiger partial charge in [0.05, 0.1) is 29.2 Å². The molecule has 1 amide bonds. The lowest BCUT2D eigenvalue weighted by Crippen LogP contribution is -2.45. The van der Waals surface area contributed by atoms with Crippen LogP contribution in [0.4, 0.5) is 18.9 Å². The number of carboxylic acid groups (broad SMARTS) is 1. The van der Waals surface area contributed by atoms with Crippen molar-refractivity contribution in [2.24, 2.45) is 0 Å². The summed E-state index contributed by atoms with van der Waals surface area (Å²) in [5.41, 5.74) is -2.59. The van der Waals surface area contributed by atoms with Gasteiger partial charge in [0, 0.05) is 25.4 Å². The van der Waals surface area contributed by atoms with Gasteiger partial charge in [-0.05, 0) is 37.1 Å². The average Bonchev–Trinajstić information content (AvgIpc) is 2.95. The van der Waals surface area contributed by atoms with Gasteiger partial charge in [0.2, 0.25) is 5.91 Å². The van der Waals surface area contributed by atoms with Gasteiger partial charge < -0.3 is 14.8 Å². The summed E-state index contributed by atoms with van der Waals surface area (Å²) in [6, 6.07) is 4.60. The fraction of sp³-hybridized carbons (Fsp3) is 0.333. The fourth-order valence-electron chi connectivity index (χ4n) is 4.48. The van der Waals surface area contributed by atoms with E-state index < -0.39 is 52.2 Å². The second-order valence-corrected chi connectivity index (χ2v) is 9.96. The Labute approximate surface area is 207 Å². The van der Waals surface area contributed by atoms with Gasteiger partial charge in [0.1, 0.15) is 0 Å². The zero-order chi connectivity index (χ0) is 26.8. The number of alkyl halides is 4. The number of aromatic carboxylic acids is 1. The van der Waals surface area contributed by atoms with Crippen molar-refractivity contribution in [3.8, 4) is 5.69 Å². The van der Waals surface area contributed by atoms with Crippen molar-refractivity contribution < 1.29 is 27.9 Å². The van der Waals surface area contributed by atoms with Crippen molar-refractivity contribution in [2.75, 3.05) is 11.9 Å². The number of carboxylic acids is 1. The molecule has 0 bridgehead atoms. The number of allylic oxidation sites excluding steroid dienone is 4. The number of anilines is 1. The molecule has 0 N–H and O–H groups in total. The molecule has 2 aromatic rings. The topological polar surface area (TPSA) is 104 Å². The number of amides is 1. The van der Waals surface area contributed by atoms with Crippen molar-refractivity contribution in [3.63, 3.8) is 0 Å². The molecular weight excluding hydrogens is 503 g/mol. The molecule has 1 aromatic heterocycles. The molecule has 2 heterocycles. The first kappa shape index (κ1) is 25.5. The highest BCUT2D eigenvalue weighted by Gasteiger charge is 2.52. The lowest BCUT2D eigenvalue weighted by Gasteiger charge is -2.29. The Kier molecular flexibility index (Phi) is 5.82. The van der Waals surface area contributed by atoms with Crippen LogP contribution in [0.25, 0.3) is 5.69 Å². The number of benzene rings is 1. The number of halogens is 4. The van der Waals surface area contributed by atoms with E-state index in [9.17, 15) is 37.5 Å². The van der Waals surface area contributed by atoms with E-state index in [-0.39, 0.29) is 17.2 Å². The summed E-state index contributed by atoms with van der Waals surface area (Å²) in [7, 11) is 1.55. The predicted octanol–water partition coefficient (Wildman–Crippen LogP) is 2.04. The van der Waals surface area contributed by atoms with Crippen molar-refractivity contribution in [3.05, 3.63) is 80.2 Å². The zero-order valence-electron chi connectivity index (χ0n) is 19.4. The maximum atomic E-state index is 13.4. The molecule has 0 saturated carbocycles. The third-order valence-corrected chi connectivity index (χ3v) is 7.01. The first-order chi connectivity index (χ1) is 16.6. The number of carbonyl (C=O) groups is 2. The largest absolute Gasteiger partial charge is 0.545 e. The van der Waals surface area contributed by atoms with Crippen LogP contribution in [-0.4, -0.2) is 39.1 Å². The van der Waals surface area contributed by atoms with Gasteiger partial charge in [-0.2, -0.15) is 13.2 Å². The first-order valence-corrected chi connectivity index (χ1v) is 11.1. The van der Waals surface area contributed by atoms with Crippen molar-refractivity contribution in [1.29, 1.82) is 0 Å². The lowest BCUT2D eigenvalue weighted by molar-refractivity contribution is -0.255. The number of carbonyl (C=O) groups excluding carboxylic acids is 2. The number of aromatic nitrogens is 2. The second-order valence-electron chi connectivity index (χ2n) is 9.29. The van der Waals surface area contributed by atoms with Gasteiger partial charge in [-0.1, -0.05) is 24.3 Å². The smallest absolute Gasteiger partial charge is 0.411 e. The summed E-state index contributed by atoms with van der Waals surface area (Å²) in [5.74, 6) is -2.05. The van der Waals surface area contributed by atoms with Crippen molar-refractivity contribution >= 4 is 29.2 Å². The van der Waals surface area contributed by atoms with Gasteiger partial charge in [-0.3, -0.25) is 18.7 Å².